The van der Waals surface area contributed by atoms with E-state index in [4.69, 9.17) is 9.47 Å². The van der Waals surface area contributed by atoms with Gasteiger partial charge in [-0.3, -0.25) is 9.59 Å². The predicted octanol–water partition coefficient (Wildman–Crippen LogP) is 2.87. The van der Waals surface area contributed by atoms with Crippen molar-refractivity contribution < 1.29 is 19.1 Å². The van der Waals surface area contributed by atoms with Crippen LogP contribution in [0.25, 0.3) is 0 Å². The topological polar surface area (TPSA) is 67.9 Å². The minimum atomic E-state index is -0.685. The summed E-state index contributed by atoms with van der Waals surface area (Å²) >= 11 is 0. The third-order valence-corrected chi connectivity index (χ3v) is 3.78. The number of carbonyl (C=O) groups is 2. The van der Waals surface area contributed by atoms with Crippen LogP contribution in [0.5, 0.6) is 11.5 Å². The fourth-order valence-corrected chi connectivity index (χ4v) is 2.42. The van der Waals surface area contributed by atoms with Gasteiger partial charge in [0.15, 0.2) is 6.10 Å². The molecule has 0 saturated carbocycles. The number of anilines is 1. The van der Waals surface area contributed by atoms with E-state index < -0.39 is 6.10 Å². The fraction of sp³-hybridized carbons (Fsp3) is 0.300. The highest BCUT2D eigenvalue weighted by Gasteiger charge is 2.21. The lowest BCUT2D eigenvalue weighted by Gasteiger charge is -2.22. The van der Waals surface area contributed by atoms with Crippen molar-refractivity contribution in [1.29, 1.82) is 0 Å². The summed E-state index contributed by atoms with van der Waals surface area (Å²) in [4.78, 5) is 25.9. The average Bonchev–Trinajstić information content (AvgIpc) is 2.61. The number of aryl methyl sites for hydroxylation is 1. The largest absolute Gasteiger partial charge is 0.497 e. The van der Waals surface area contributed by atoms with Gasteiger partial charge in [0.1, 0.15) is 11.5 Å². The van der Waals surface area contributed by atoms with Crippen LogP contribution in [0.2, 0.25) is 0 Å². The lowest BCUT2D eigenvalue weighted by Crippen LogP contribution is -2.41. The molecule has 0 aromatic heterocycles. The third-order valence-electron chi connectivity index (χ3n) is 3.78. The molecule has 2 aromatic carbocycles. The number of amides is 2. The smallest absolute Gasteiger partial charge is 0.263 e. The van der Waals surface area contributed by atoms with Crippen LogP contribution in [-0.2, 0) is 9.59 Å². The van der Waals surface area contributed by atoms with Gasteiger partial charge in [-0.15, -0.1) is 0 Å². The van der Waals surface area contributed by atoms with Crippen LogP contribution in [0.15, 0.2) is 48.5 Å². The molecule has 6 heteroatoms. The highest BCUT2D eigenvalue weighted by Crippen LogP contribution is 2.16. The number of nitrogens with zero attached hydrogens (tertiary/aromatic N) is 1. The Kier molecular flexibility index (Phi) is 6.60. The molecule has 1 atom stereocenters. The van der Waals surface area contributed by atoms with E-state index in [1.807, 2.05) is 25.1 Å². The summed E-state index contributed by atoms with van der Waals surface area (Å²) in [5.41, 5.74) is 1.69. The van der Waals surface area contributed by atoms with Gasteiger partial charge in [0.05, 0.1) is 13.7 Å². The maximum Gasteiger partial charge on any atom is 0.263 e. The maximum absolute atomic E-state index is 12.4. The summed E-state index contributed by atoms with van der Waals surface area (Å²) in [6.07, 6.45) is -0.685. The van der Waals surface area contributed by atoms with E-state index in [-0.39, 0.29) is 18.4 Å². The van der Waals surface area contributed by atoms with Crippen molar-refractivity contribution in [2.75, 3.05) is 26.0 Å². The van der Waals surface area contributed by atoms with Crippen molar-refractivity contribution in [1.82, 2.24) is 4.90 Å². The van der Waals surface area contributed by atoms with Crippen molar-refractivity contribution in [2.24, 2.45) is 0 Å². The molecule has 0 bridgehead atoms. The van der Waals surface area contributed by atoms with Crippen LogP contribution >= 0.6 is 0 Å². The van der Waals surface area contributed by atoms with Crippen LogP contribution in [0.1, 0.15) is 12.5 Å². The van der Waals surface area contributed by atoms with E-state index in [2.05, 4.69) is 5.32 Å². The highest BCUT2D eigenvalue weighted by atomic mass is 16.5. The molecule has 0 aliphatic rings. The number of rotatable bonds is 7. The summed E-state index contributed by atoms with van der Waals surface area (Å²) in [5, 5.41) is 2.75. The molecular formula is C20H24N2O4. The molecule has 26 heavy (non-hydrogen) atoms. The molecule has 2 amide bonds. The minimum absolute atomic E-state index is 0.0631. The number of likely N-dealkylation sites (N-methyl/N-ethyl adjacent to an activating group) is 1. The van der Waals surface area contributed by atoms with Gasteiger partial charge >= 0.3 is 0 Å². The van der Waals surface area contributed by atoms with Gasteiger partial charge in [-0.25, -0.2) is 0 Å². The van der Waals surface area contributed by atoms with E-state index in [1.54, 1.807) is 51.4 Å². The zero-order valence-electron chi connectivity index (χ0n) is 15.5. The summed E-state index contributed by atoms with van der Waals surface area (Å²) < 4.78 is 10.7. The van der Waals surface area contributed by atoms with E-state index in [0.29, 0.717) is 17.2 Å². The van der Waals surface area contributed by atoms with E-state index >= 15 is 0 Å². The van der Waals surface area contributed by atoms with Crippen molar-refractivity contribution in [3.63, 3.8) is 0 Å². The zero-order chi connectivity index (χ0) is 19.1. The normalized spacial score (nSPS) is 11.4. The molecule has 0 heterocycles. The average molecular weight is 356 g/mol. The number of hydrogen-bond acceptors (Lipinski definition) is 4. The monoisotopic (exact) mass is 356 g/mol. The summed E-state index contributed by atoms with van der Waals surface area (Å²) in [5.74, 6) is 0.782. The van der Waals surface area contributed by atoms with Gasteiger partial charge in [-0.1, -0.05) is 12.1 Å². The van der Waals surface area contributed by atoms with Gasteiger partial charge in [-0.05, 0) is 55.8 Å². The van der Waals surface area contributed by atoms with Crippen molar-refractivity contribution in [2.45, 2.75) is 20.0 Å². The molecule has 1 N–H and O–H groups in total. The predicted molar refractivity (Wildman–Crippen MR) is 101 cm³/mol. The molecule has 2 rings (SSSR count). The van der Waals surface area contributed by atoms with Gasteiger partial charge in [0.25, 0.3) is 5.91 Å². The molecule has 2 aromatic rings. The molecule has 0 unspecified atom stereocenters. The van der Waals surface area contributed by atoms with Gasteiger partial charge in [0.2, 0.25) is 5.91 Å². The lowest BCUT2D eigenvalue weighted by atomic mass is 10.2. The molecular weight excluding hydrogens is 332 g/mol. The van der Waals surface area contributed by atoms with Gasteiger partial charge in [-0.2, -0.15) is 0 Å². The summed E-state index contributed by atoms with van der Waals surface area (Å²) in [6, 6.07) is 14.5. The molecule has 0 aliphatic heterocycles. The maximum atomic E-state index is 12.4. The second-order valence-corrected chi connectivity index (χ2v) is 6.05. The lowest BCUT2D eigenvalue weighted by molar-refractivity contribution is -0.139. The van der Waals surface area contributed by atoms with Crippen LogP contribution in [-0.4, -0.2) is 43.5 Å². The van der Waals surface area contributed by atoms with Crippen LogP contribution in [0.3, 0.4) is 0 Å². The van der Waals surface area contributed by atoms with Crippen molar-refractivity contribution >= 4 is 17.5 Å². The van der Waals surface area contributed by atoms with Crippen LogP contribution in [0, 0.1) is 6.92 Å². The van der Waals surface area contributed by atoms with E-state index in [9.17, 15) is 9.59 Å². The Morgan fingerprint density at radius 3 is 2.42 bits per heavy atom. The number of benzene rings is 2. The fourth-order valence-electron chi connectivity index (χ4n) is 2.42. The van der Waals surface area contributed by atoms with E-state index in [1.165, 1.54) is 4.90 Å². The number of nitrogens with one attached hydrogen (secondary N) is 1. The molecule has 0 fully saturated rings. The van der Waals surface area contributed by atoms with Crippen LogP contribution < -0.4 is 14.8 Å². The van der Waals surface area contributed by atoms with Gasteiger partial charge in [0, 0.05) is 12.7 Å². The number of methoxy groups -OCH3 is 1. The number of hydrogen-bond donors (Lipinski definition) is 1. The first kappa shape index (κ1) is 19.3. The Balaban J connectivity index is 1.87. The minimum Gasteiger partial charge on any atom is -0.497 e. The first-order valence-corrected chi connectivity index (χ1v) is 8.31. The molecule has 0 saturated heterocycles. The highest BCUT2D eigenvalue weighted by molar-refractivity contribution is 5.95. The Bertz CT molecular complexity index is 759. The van der Waals surface area contributed by atoms with Crippen molar-refractivity contribution in [3.8, 4) is 11.5 Å². The SMILES string of the molecule is COc1ccc(NC(=O)CN(C)C(=O)[C@H](C)Oc2cccc(C)c2)cc1. The van der Waals surface area contributed by atoms with Gasteiger partial charge < -0.3 is 19.7 Å². The molecule has 0 spiro atoms. The standard InChI is InChI=1S/C20H24N2O4/c1-14-6-5-7-18(12-14)26-15(2)20(24)22(3)13-19(23)21-16-8-10-17(25-4)11-9-16/h5-12,15H,13H2,1-4H3,(H,21,23)/t15-/m0/s1. The third kappa shape index (κ3) is 5.51. The Labute approximate surface area is 153 Å². The molecule has 0 aliphatic carbocycles. The first-order chi connectivity index (χ1) is 12.4. The molecule has 138 valence electrons. The number of carbonyl (C=O) groups excluding carboxylic acids is 2. The second kappa shape index (κ2) is 8.89. The van der Waals surface area contributed by atoms with Crippen molar-refractivity contribution in [3.05, 3.63) is 54.1 Å². The van der Waals surface area contributed by atoms with Crippen LogP contribution in [0.4, 0.5) is 5.69 Å². The number of ether oxygens (including phenoxy) is 2. The second-order valence-electron chi connectivity index (χ2n) is 6.05. The molecule has 6 nitrogen and oxygen atoms in total. The van der Waals surface area contributed by atoms with E-state index in [0.717, 1.165) is 5.56 Å². The first-order valence-electron chi connectivity index (χ1n) is 8.31. The summed E-state index contributed by atoms with van der Waals surface area (Å²) in [7, 11) is 3.15. The zero-order valence-corrected chi connectivity index (χ0v) is 15.5. The Morgan fingerprint density at radius 1 is 1.12 bits per heavy atom. The Hall–Kier alpha value is -3.02. The quantitative estimate of drug-likeness (QED) is 0.828. The summed E-state index contributed by atoms with van der Waals surface area (Å²) in [6.45, 7) is 3.56. The molecule has 0 radical (unpaired) electrons. The Morgan fingerprint density at radius 2 is 1.81 bits per heavy atom.